The first kappa shape index (κ1) is 19.0. The molecule has 2 aromatic rings. The van der Waals surface area contributed by atoms with E-state index < -0.39 is 0 Å². The third kappa shape index (κ3) is 6.99. The van der Waals surface area contributed by atoms with Crippen molar-refractivity contribution in [2.75, 3.05) is 12.3 Å². The number of nitrogen functional groups attached to an aromatic ring is 1. The van der Waals surface area contributed by atoms with Crippen LogP contribution >= 0.6 is 0 Å². The van der Waals surface area contributed by atoms with Crippen molar-refractivity contribution in [2.45, 2.75) is 58.8 Å². The maximum atomic E-state index is 5.79. The molecule has 2 N–H and O–H groups in total. The Bertz CT molecular complexity index is 646. The molecule has 136 valence electrons. The Morgan fingerprint density at radius 2 is 1.76 bits per heavy atom. The van der Waals surface area contributed by atoms with Gasteiger partial charge in [-0.1, -0.05) is 45.4 Å². The minimum Gasteiger partial charge on any atom is -0.494 e. The lowest BCUT2D eigenvalue weighted by Crippen LogP contribution is -1.98. The summed E-state index contributed by atoms with van der Waals surface area (Å²) >= 11 is 0. The van der Waals surface area contributed by atoms with Crippen LogP contribution in [0.15, 0.2) is 35.6 Å². The first-order valence-electron chi connectivity index (χ1n) is 9.27. The molecule has 0 aliphatic carbocycles. The molecule has 1 aromatic carbocycles. The fourth-order valence-electron chi connectivity index (χ4n) is 2.62. The van der Waals surface area contributed by atoms with Gasteiger partial charge in [-0.15, -0.1) is 0 Å². The molecule has 0 spiro atoms. The Labute approximate surface area is 150 Å². The molecule has 5 nitrogen and oxygen atoms in total. The van der Waals surface area contributed by atoms with E-state index in [0.717, 1.165) is 30.0 Å². The topological polar surface area (TPSA) is 65.4 Å². The number of hydrogen-bond donors (Lipinski definition) is 1. The van der Waals surface area contributed by atoms with Gasteiger partial charge in [-0.05, 0) is 43.2 Å². The summed E-state index contributed by atoms with van der Waals surface area (Å²) in [7, 11) is 0. The summed E-state index contributed by atoms with van der Waals surface area (Å²) in [6, 6.07) is 7.93. The highest BCUT2D eigenvalue weighted by atomic mass is 16.5. The van der Waals surface area contributed by atoms with Crippen molar-refractivity contribution in [1.82, 2.24) is 9.66 Å². The summed E-state index contributed by atoms with van der Waals surface area (Å²) in [6.07, 6.45) is 12.6. The molecule has 0 saturated carbocycles. The van der Waals surface area contributed by atoms with Gasteiger partial charge in [0.05, 0.1) is 24.7 Å². The van der Waals surface area contributed by atoms with Crippen LogP contribution in [0.2, 0.25) is 0 Å². The first-order valence-corrected chi connectivity index (χ1v) is 9.27. The van der Waals surface area contributed by atoms with Crippen LogP contribution in [-0.2, 0) is 0 Å². The molecule has 25 heavy (non-hydrogen) atoms. The van der Waals surface area contributed by atoms with Crippen molar-refractivity contribution >= 4 is 12.2 Å². The third-order valence-corrected chi connectivity index (χ3v) is 4.06. The summed E-state index contributed by atoms with van der Waals surface area (Å²) in [4.78, 5) is 4.11. The number of nitrogens with zero attached hydrogens (tertiary/aromatic N) is 3. The molecule has 0 unspecified atom stereocenters. The van der Waals surface area contributed by atoms with Crippen molar-refractivity contribution in [3.05, 3.63) is 41.7 Å². The van der Waals surface area contributed by atoms with Gasteiger partial charge in [0.2, 0.25) is 5.95 Å². The average molecular weight is 342 g/mol. The Morgan fingerprint density at radius 3 is 2.40 bits per heavy atom. The van der Waals surface area contributed by atoms with Gasteiger partial charge in [-0.3, -0.25) is 0 Å². The number of rotatable bonds is 11. The second-order valence-electron chi connectivity index (χ2n) is 6.37. The predicted octanol–water partition coefficient (Wildman–Crippen LogP) is 4.79. The smallest absolute Gasteiger partial charge is 0.221 e. The summed E-state index contributed by atoms with van der Waals surface area (Å²) in [5.41, 5.74) is 7.61. The summed E-state index contributed by atoms with van der Waals surface area (Å²) in [5, 5.41) is 4.31. The molecule has 1 aromatic heterocycles. The summed E-state index contributed by atoms with van der Waals surface area (Å²) in [5.74, 6) is 1.30. The van der Waals surface area contributed by atoms with Crippen LogP contribution in [0.3, 0.4) is 0 Å². The number of hydrogen-bond acceptors (Lipinski definition) is 4. The van der Waals surface area contributed by atoms with Crippen LogP contribution in [0, 0.1) is 6.92 Å². The molecule has 2 rings (SSSR count). The largest absolute Gasteiger partial charge is 0.494 e. The van der Waals surface area contributed by atoms with E-state index in [4.69, 9.17) is 10.5 Å². The molecule has 0 radical (unpaired) electrons. The molecule has 0 aliphatic heterocycles. The number of nitrogens with two attached hydrogens (primary N) is 1. The molecule has 0 aliphatic rings. The maximum Gasteiger partial charge on any atom is 0.221 e. The van der Waals surface area contributed by atoms with E-state index in [1.54, 1.807) is 17.1 Å². The standard InChI is InChI=1S/C20H30N4O/c1-3-4-5-6-7-8-9-14-25-19-12-10-18(11-13-19)15-22-24-16-17(2)23-20(24)21/h10-13,15-16H,3-9,14H2,1-2H3,(H2,21,23). The molecule has 0 amide bonds. The van der Waals surface area contributed by atoms with Crippen molar-refractivity contribution < 1.29 is 4.74 Å². The minimum absolute atomic E-state index is 0.392. The number of aryl methyl sites for hydroxylation is 1. The molecular weight excluding hydrogens is 312 g/mol. The highest BCUT2D eigenvalue weighted by Gasteiger charge is 1.99. The number of unbranched alkanes of at least 4 members (excludes halogenated alkanes) is 6. The van der Waals surface area contributed by atoms with Gasteiger partial charge in [0, 0.05) is 0 Å². The van der Waals surface area contributed by atoms with Crippen molar-refractivity contribution in [1.29, 1.82) is 0 Å². The Kier molecular flexibility index (Phi) is 8.02. The number of ether oxygens (including phenoxy) is 1. The maximum absolute atomic E-state index is 5.79. The van der Waals surface area contributed by atoms with E-state index >= 15 is 0 Å². The number of aromatic nitrogens is 2. The zero-order chi connectivity index (χ0) is 17.9. The summed E-state index contributed by atoms with van der Waals surface area (Å²) in [6.45, 7) is 4.92. The number of imidazole rings is 1. The average Bonchev–Trinajstić information content (AvgIpc) is 2.94. The van der Waals surface area contributed by atoms with Crippen molar-refractivity contribution in [3.63, 3.8) is 0 Å². The van der Waals surface area contributed by atoms with Gasteiger partial charge in [0.15, 0.2) is 0 Å². The van der Waals surface area contributed by atoms with Crippen LogP contribution in [-0.4, -0.2) is 22.5 Å². The Hall–Kier alpha value is -2.30. The van der Waals surface area contributed by atoms with Gasteiger partial charge in [0.1, 0.15) is 5.75 Å². The fraction of sp³-hybridized carbons (Fsp3) is 0.500. The van der Waals surface area contributed by atoms with Gasteiger partial charge >= 0.3 is 0 Å². The van der Waals surface area contributed by atoms with E-state index in [9.17, 15) is 0 Å². The van der Waals surface area contributed by atoms with E-state index in [0.29, 0.717) is 5.95 Å². The van der Waals surface area contributed by atoms with E-state index in [2.05, 4.69) is 17.0 Å². The van der Waals surface area contributed by atoms with Gasteiger partial charge in [-0.2, -0.15) is 5.10 Å². The molecule has 1 heterocycles. The van der Waals surface area contributed by atoms with Gasteiger partial charge < -0.3 is 10.5 Å². The molecule has 0 fully saturated rings. The zero-order valence-electron chi connectivity index (χ0n) is 15.4. The normalized spacial score (nSPS) is 11.3. The van der Waals surface area contributed by atoms with Crippen LogP contribution in [0.5, 0.6) is 5.75 Å². The quantitative estimate of drug-likeness (QED) is 0.472. The van der Waals surface area contributed by atoms with E-state index in [1.165, 1.54) is 38.5 Å². The first-order chi connectivity index (χ1) is 12.2. The summed E-state index contributed by atoms with van der Waals surface area (Å²) < 4.78 is 7.36. The van der Waals surface area contributed by atoms with Crippen LogP contribution in [0.4, 0.5) is 5.95 Å². The lowest BCUT2D eigenvalue weighted by Gasteiger charge is -2.06. The second kappa shape index (κ2) is 10.5. The van der Waals surface area contributed by atoms with E-state index in [-0.39, 0.29) is 0 Å². The number of anilines is 1. The highest BCUT2D eigenvalue weighted by molar-refractivity contribution is 5.79. The van der Waals surface area contributed by atoms with Crippen LogP contribution < -0.4 is 10.5 Å². The Balaban J connectivity index is 1.68. The fourth-order valence-corrected chi connectivity index (χ4v) is 2.62. The van der Waals surface area contributed by atoms with Gasteiger partial charge in [0.25, 0.3) is 0 Å². The predicted molar refractivity (Wildman–Crippen MR) is 104 cm³/mol. The molecule has 0 atom stereocenters. The monoisotopic (exact) mass is 342 g/mol. The number of benzene rings is 1. The van der Waals surface area contributed by atoms with Gasteiger partial charge in [-0.25, -0.2) is 9.66 Å². The van der Waals surface area contributed by atoms with Crippen LogP contribution in [0.1, 0.15) is 63.1 Å². The molecule has 0 bridgehead atoms. The molecule has 0 saturated heterocycles. The minimum atomic E-state index is 0.392. The Morgan fingerprint density at radius 1 is 1.08 bits per heavy atom. The molecule has 5 heteroatoms. The van der Waals surface area contributed by atoms with E-state index in [1.807, 2.05) is 31.2 Å². The van der Waals surface area contributed by atoms with Crippen molar-refractivity contribution in [3.8, 4) is 5.75 Å². The second-order valence-corrected chi connectivity index (χ2v) is 6.37. The zero-order valence-corrected chi connectivity index (χ0v) is 15.4. The third-order valence-electron chi connectivity index (χ3n) is 4.06. The lowest BCUT2D eigenvalue weighted by molar-refractivity contribution is 0.304. The molecular formula is C20H30N4O. The highest BCUT2D eigenvalue weighted by Crippen LogP contribution is 2.13. The van der Waals surface area contributed by atoms with Crippen LogP contribution in [0.25, 0.3) is 0 Å². The lowest BCUT2D eigenvalue weighted by atomic mass is 10.1. The SMILES string of the molecule is CCCCCCCCCOc1ccc(C=Nn2cc(C)nc2N)cc1. The van der Waals surface area contributed by atoms with Crippen molar-refractivity contribution in [2.24, 2.45) is 5.10 Å².